The molecule has 0 atom stereocenters. The molecule has 3 rings (SSSR count). The fraction of sp³-hybridized carbons (Fsp3) is 0.458. The van der Waals surface area contributed by atoms with Crippen molar-refractivity contribution in [3.8, 4) is 0 Å². The van der Waals surface area contributed by atoms with Gasteiger partial charge in [0.2, 0.25) is 5.91 Å². The highest BCUT2D eigenvalue weighted by molar-refractivity contribution is 7.14. The smallest absolute Gasteiger partial charge is 0.223 e. The summed E-state index contributed by atoms with van der Waals surface area (Å²) in [7, 11) is 0. The standard InChI is InChI=1S/C24H30N2O3S/c1-19-8-12-23(30-19)22(28)11-9-21(27)10-13-24(29)26-15-5-14-25(16-17-26)18-20-6-3-2-4-7-20/h2-4,6-8,12H,5,9-11,13-18H2,1H3. The summed E-state index contributed by atoms with van der Waals surface area (Å²) in [6.45, 7) is 6.14. The monoisotopic (exact) mass is 426 g/mol. The van der Waals surface area contributed by atoms with Crippen LogP contribution in [0.15, 0.2) is 42.5 Å². The maximum atomic E-state index is 12.6. The Morgan fingerprint density at radius 2 is 1.63 bits per heavy atom. The minimum absolute atomic E-state index is 0.00879. The molecule has 0 radical (unpaired) electrons. The predicted octanol–water partition coefficient (Wildman–Crippen LogP) is 4.10. The molecule has 2 heterocycles. The van der Waals surface area contributed by atoms with E-state index in [-0.39, 0.29) is 43.2 Å². The molecule has 0 spiro atoms. The first kappa shape index (κ1) is 22.4. The van der Waals surface area contributed by atoms with Gasteiger partial charge in [0.15, 0.2) is 5.78 Å². The topological polar surface area (TPSA) is 57.7 Å². The van der Waals surface area contributed by atoms with Crippen molar-refractivity contribution in [2.45, 2.75) is 45.6 Å². The zero-order valence-corrected chi connectivity index (χ0v) is 18.5. The number of benzene rings is 1. The van der Waals surface area contributed by atoms with Crippen LogP contribution in [-0.4, -0.2) is 53.5 Å². The molecule has 1 saturated heterocycles. The number of hydrogen-bond acceptors (Lipinski definition) is 5. The van der Waals surface area contributed by atoms with Crippen molar-refractivity contribution < 1.29 is 14.4 Å². The second-order valence-electron chi connectivity index (χ2n) is 7.87. The van der Waals surface area contributed by atoms with Crippen molar-refractivity contribution in [1.29, 1.82) is 0 Å². The number of thiophene rings is 1. The van der Waals surface area contributed by atoms with Crippen LogP contribution in [0.25, 0.3) is 0 Å². The highest BCUT2D eigenvalue weighted by atomic mass is 32.1. The van der Waals surface area contributed by atoms with Crippen LogP contribution in [0.5, 0.6) is 0 Å². The molecule has 1 amide bonds. The van der Waals surface area contributed by atoms with Crippen molar-refractivity contribution in [2.24, 2.45) is 0 Å². The molecule has 5 nitrogen and oxygen atoms in total. The van der Waals surface area contributed by atoms with Gasteiger partial charge in [0, 0.05) is 63.3 Å². The molecule has 6 heteroatoms. The van der Waals surface area contributed by atoms with Gasteiger partial charge in [-0.3, -0.25) is 19.3 Å². The Labute approximate surface area is 182 Å². The van der Waals surface area contributed by atoms with E-state index >= 15 is 0 Å². The third kappa shape index (κ3) is 6.89. The van der Waals surface area contributed by atoms with E-state index in [4.69, 9.17) is 0 Å². The lowest BCUT2D eigenvalue weighted by Gasteiger charge is -2.22. The highest BCUT2D eigenvalue weighted by Crippen LogP contribution is 2.18. The van der Waals surface area contributed by atoms with Crippen molar-refractivity contribution in [1.82, 2.24) is 9.80 Å². The van der Waals surface area contributed by atoms with E-state index in [1.54, 1.807) is 0 Å². The maximum Gasteiger partial charge on any atom is 0.223 e. The molecule has 1 aromatic carbocycles. The summed E-state index contributed by atoms with van der Waals surface area (Å²) in [6.07, 6.45) is 1.85. The summed E-state index contributed by atoms with van der Waals surface area (Å²) in [5.74, 6) is 0.0504. The minimum Gasteiger partial charge on any atom is -0.341 e. The number of carbonyl (C=O) groups is 3. The van der Waals surface area contributed by atoms with Crippen molar-refractivity contribution in [3.63, 3.8) is 0 Å². The lowest BCUT2D eigenvalue weighted by Crippen LogP contribution is -2.35. The fourth-order valence-electron chi connectivity index (χ4n) is 3.71. The van der Waals surface area contributed by atoms with Crippen LogP contribution in [0.1, 0.15) is 52.2 Å². The average molecular weight is 427 g/mol. The Morgan fingerprint density at radius 3 is 2.37 bits per heavy atom. The van der Waals surface area contributed by atoms with E-state index < -0.39 is 0 Å². The third-order valence-corrected chi connectivity index (χ3v) is 6.50. The molecule has 0 unspecified atom stereocenters. The minimum atomic E-state index is -0.00879. The molecular formula is C24H30N2O3S. The third-order valence-electron chi connectivity index (χ3n) is 5.45. The quantitative estimate of drug-likeness (QED) is 0.567. The second kappa shape index (κ2) is 11.2. The molecule has 0 N–H and O–H groups in total. The van der Waals surface area contributed by atoms with Gasteiger partial charge in [-0.05, 0) is 31.0 Å². The van der Waals surface area contributed by atoms with Gasteiger partial charge in [-0.25, -0.2) is 0 Å². The van der Waals surface area contributed by atoms with Gasteiger partial charge in [0.05, 0.1) is 4.88 Å². The van der Waals surface area contributed by atoms with Crippen LogP contribution in [0.4, 0.5) is 0 Å². The molecular weight excluding hydrogens is 396 g/mol. The van der Waals surface area contributed by atoms with Crippen molar-refractivity contribution in [2.75, 3.05) is 26.2 Å². The van der Waals surface area contributed by atoms with E-state index in [0.29, 0.717) is 11.4 Å². The van der Waals surface area contributed by atoms with Gasteiger partial charge >= 0.3 is 0 Å². The molecule has 0 bridgehead atoms. The highest BCUT2D eigenvalue weighted by Gasteiger charge is 2.20. The van der Waals surface area contributed by atoms with E-state index in [1.807, 2.05) is 30.0 Å². The first-order chi connectivity index (χ1) is 14.5. The van der Waals surface area contributed by atoms with E-state index in [1.165, 1.54) is 16.9 Å². The number of aryl methyl sites for hydroxylation is 1. The number of hydrogen-bond donors (Lipinski definition) is 0. The Kier molecular flexibility index (Phi) is 8.34. The van der Waals surface area contributed by atoms with Gasteiger partial charge in [0.25, 0.3) is 0 Å². The number of amides is 1. The molecule has 1 fully saturated rings. The summed E-state index contributed by atoms with van der Waals surface area (Å²) in [4.78, 5) is 42.9. The lowest BCUT2D eigenvalue weighted by molar-refractivity contribution is -0.133. The Bertz CT molecular complexity index is 862. The summed E-state index contributed by atoms with van der Waals surface area (Å²) >= 11 is 1.46. The zero-order chi connectivity index (χ0) is 21.3. The Morgan fingerprint density at radius 1 is 0.867 bits per heavy atom. The number of nitrogens with zero attached hydrogens (tertiary/aromatic N) is 2. The van der Waals surface area contributed by atoms with Gasteiger partial charge in [-0.15, -0.1) is 11.3 Å². The molecule has 1 aliphatic heterocycles. The Hall–Kier alpha value is -2.31. The van der Waals surface area contributed by atoms with Crippen molar-refractivity contribution in [3.05, 3.63) is 57.8 Å². The number of carbonyl (C=O) groups excluding carboxylic acids is 3. The van der Waals surface area contributed by atoms with Crippen LogP contribution < -0.4 is 0 Å². The van der Waals surface area contributed by atoms with Crippen LogP contribution in [0.3, 0.4) is 0 Å². The summed E-state index contributed by atoms with van der Waals surface area (Å²) < 4.78 is 0. The predicted molar refractivity (Wildman–Crippen MR) is 120 cm³/mol. The lowest BCUT2D eigenvalue weighted by atomic mass is 10.1. The largest absolute Gasteiger partial charge is 0.341 e. The molecule has 30 heavy (non-hydrogen) atoms. The SMILES string of the molecule is Cc1ccc(C(=O)CCC(=O)CCC(=O)N2CCCN(Cc3ccccc3)CC2)s1. The van der Waals surface area contributed by atoms with E-state index in [2.05, 4.69) is 29.2 Å². The molecule has 1 aromatic heterocycles. The maximum absolute atomic E-state index is 12.6. The fourth-order valence-corrected chi connectivity index (χ4v) is 4.54. The van der Waals surface area contributed by atoms with Gasteiger partial charge in [-0.2, -0.15) is 0 Å². The van der Waals surface area contributed by atoms with E-state index in [0.717, 1.165) is 37.5 Å². The first-order valence-corrected chi connectivity index (χ1v) is 11.5. The molecule has 160 valence electrons. The molecule has 2 aromatic rings. The van der Waals surface area contributed by atoms with Gasteiger partial charge < -0.3 is 4.90 Å². The van der Waals surface area contributed by atoms with Gasteiger partial charge in [-0.1, -0.05) is 30.3 Å². The van der Waals surface area contributed by atoms with Gasteiger partial charge in [0.1, 0.15) is 5.78 Å². The molecule has 1 aliphatic rings. The van der Waals surface area contributed by atoms with E-state index in [9.17, 15) is 14.4 Å². The number of rotatable bonds is 9. The zero-order valence-electron chi connectivity index (χ0n) is 17.6. The van der Waals surface area contributed by atoms with Crippen LogP contribution in [0, 0.1) is 6.92 Å². The average Bonchev–Trinajstić information content (AvgIpc) is 3.05. The van der Waals surface area contributed by atoms with Crippen LogP contribution >= 0.6 is 11.3 Å². The second-order valence-corrected chi connectivity index (χ2v) is 9.16. The first-order valence-electron chi connectivity index (χ1n) is 10.7. The summed E-state index contributed by atoms with van der Waals surface area (Å²) in [5.41, 5.74) is 1.29. The Balaban J connectivity index is 1.37. The van der Waals surface area contributed by atoms with Crippen molar-refractivity contribution >= 4 is 28.8 Å². The summed E-state index contributed by atoms with van der Waals surface area (Å²) in [6, 6.07) is 14.1. The summed E-state index contributed by atoms with van der Waals surface area (Å²) in [5, 5.41) is 0. The molecule has 0 saturated carbocycles. The molecule has 0 aliphatic carbocycles. The van der Waals surface area contributed by atoms with Crippen LogP contribution in [-0.2, 0) is 16.1 Å². The number of Topliss-reactive ketones (excluding diaryl/α,β-unsaturated/α-hetero) is 2. The normalized spacial score (nSPS) is 15.0. The number of ketones is 2. The van der Waals surface area contributed by atoms with Crippen LogP contribution in [0.2, 0.25) is 0 Å².